The average Bonchev–Trinajstić information content (AvgIpc) is 2.49. The first-order valence-corrected chi connectivity index (χ1v) is 3.93. The van der Waals surface area contributed by atoms with Crippen LogP contribution >= 0.6 is 0 Å². The van der Waals surface area contributed by atoms with E-state index in [0.29, 0.717) is 11.1 Å². The zero-order chi connectivity index (χ0) is 9.14. The molecule has 12 heavy (non-hydrogen) atoms. The molecule has 1 aromatic heterocycles. The Bertz CT molecular complexity index is 307. The van der Waals surface area contributed by atoms with Crippen molar-refractivity contribution < 1.29 is 9.21 Å². The Morgan fingerprint density at radius 3 is 2.83 bits per heavy atom. The molecule has 0 aliphatic heterocycles. The van der Waals surface area contributed by atoms with Crippen LogP contribution < -0.4 is 0 Å². The van der Waals surface area contributed by atoms with E-state index < -0.39 is 0 Å². The summed E-state index contributed by atoms with van der Waals surface area (Å²) in [6, 6.07) is 1.69. The molecule has 0 aliphatic rings. The third-order valence-electron chi connectivity index (χ3n) is 1.70. The van der Waals surface area contributed by atoms with E-state index in [-0.39, 0.29) is 5.78 Å². The lowest BCUT2D eigenvalue weighted by molar-refractivity contribution is 0.103. The molecule has 0 aromatic carbocycles. The van der Waals surface area contributed by atoms with Crippen LogP contribution in [-0.2, 0) is 6.42 Å². The molecule has 0 bridgehead atoms. The standard InChI is InChI=1S/C10H12O2/c1-4-9-8(5-6-12-9)10(11)7(2)3/h5-6H,2,4H2,1,3H3. The number of rotatable bonds is 3. The number of Topliss-reactive ketones (excluding diaryl/α,β-unsaturated/α-hetero) is 1. The van der Waals surface area contributed by atoms with Gasteiger partial charge in [-0.2, -0.15) is 0 Å². The average molecular weight is 164 g/mol. The maximum absolute atomic E-state index is 11.4. The number of allylic oxidation sites excluding steroid dienone is 1. The van der Waals surface area contributed by atoms with Crippen LogP contribution in [-0.4, -0.2) is 5.78 Å². The van der Waals surface area contributed by atoms with Crippen molar-refractivity contribution in [2.75, 3.05) is 0 Å². The summed E-state index contributed by atoms with van der Waals surface area (Å²) in [5.41, 5.74) is 1.19. The van der Waals surface area contributed by atoms with Crippen LogP contribution in [0.1, 0.15) is 30.0 Å². The highest BCUT2D eigenvalue weighted by Crippen LogP contribution is 2.14. The van der Waals surface area contributed by atoms with Gasteiger partial charge < -0.3 is 4.42 Å². The van der Waals surface area contributed by atoms with Crippen LogP contribution in [0.15, 0.2) is 28.9 Å². The van der Waals surface area contributed by atoms with Gasteiger partial charge in [0.25, 0.3) is 0 Å². The van der Waals surface area contributed by atoms with Crippen molar-refractivity contribution in [1.82, 2.24) is 0 Å². The van der Waals surface area contributed by atoms with Crippen molar-refractivity contribution >= 4 is 5.78 Å². The van der Waals surface area contributed by atoms with E-state index in [9.17, 15) is 4.79 Å². The van der Waals surface area contributed by atoms with Gasteiger partial charge in [0, 0.05) is 6.42 Å². The van der Waals surface area contributed by atoms with E-state index >= 15 is 0 Å². The van der Waals surface area contributed by atoms with Crippen LogP contribution in [0.25, 0.3) is 0 Å². The van der Waals surface area contributed by atoms with E-state index in [1.807, 2.05) is 6.92 Å². The summed E-state index contributed by atoms with van der Waals surface area (Å²) < 4.78 is 5.12. The van der Waals surface area contributed by atoms with E-state index in [0.717, 1.165) is 12.2 Å². The molecule has 0 fully saturated rings. The fourth-order valence-electron chi connectivity index (χ4n) is 1.05. The second-order valence-corrected chi connectivity index (χ2v) is 2.72. The molecule has 1 rings (SSSR count). The molecule has 0 radical (unpaired) electrons. The lowest BCUT2D eigenvalue weighted by Gasteiger charge is -1.97. The van der Waals surface area contributed by atoms with Gasteiger partial charge in [-0.3, -0.25) is 4.79 Å². The minimum absolute atomic E-state index is 0.0272. The van der Waals surface area contributed by atoms with Gasteiger partial charge in [-0.15, -0.1) is 0 Å². The fourth-order valence-corrected chi connectivity index (χ4v) is 1.05. The Morgan fingerprint density at radius 1 is 1.67 bits per heavy atom. The Labute approximate surface area is 71.9 Å². The molecule has 0 amide bonds. The Kier molecular flexibility index (Phi) is 2.48. The summed E-state index contributed by atoms with van der Waals surface area (Å²) >= 11 is 0. The molecule has 0 saturated heterocycles. The molecule has 0 spiro atoms. The molecule has 1 aromatic rings. The molecule has 1 heterocycles. The van der Waals surface area contributed by atoms with Gasteiger partial charge in [-0.05, 0) is 18.6 Å². The summed E-state index contributed by atoms with van der Waals surface area (Å²) in [6.45, 7) is 7.25. The minimum Gasteiger partial charge on any atom is -0.469 e. The number of carbonyl (C=O) groups excluding carboxylic acids is 1. The number of aryl methyl sites for hydroxylation is 1. The molecule has 2 nitrogen and oxygen atoms in total. The lowest BCUT2D eigenvalue weighted by atomic mass is 10.1. The molecular formula is C10H12O2. The topological polar surface area (TPSA) is 30.2 Å². The molecule has 2 heteroatoms. The predicted octanol–water partition coefficient (Wildman–Crippen LogP) is 2.60. The number of furan rings is 1. The zero-order valence-corrected chi connectivity index (χ0v) is 7.39. The van der Waals surface area contributed by atoms with Crippen LogP contribution in [0, 0.1) is 0 Å². The highest BCUT2D eigenvalue weighted by Gasteiger charge is 2.12. The monoisotopic (exact) mass is 164 g/mol. The van der Waals surface area contributed by atoms with Gasteiger partial charge in [0.2, 0.25) is 0 Å². The Balaban J connectivity index is 3.02. The van der Waals surface area contributed by atoms with Crippen molar-refractivity contribution in [3.05, 3.63) is 35.8 Å². The molecule has 64 valence electrons. The van der Waals surface area contributed by atoms with Crippen molar-refractivity contribution in [3.63, 3.8) is 0 Å². The first-order valence-electron chi connectivity index (χ1n) is 3.93. The normalized spacial score (nSPS) is 9.83. The van der Waals surface area contributed by atoms with Crippen LogP contribution in [0.4, 0.5) is 0 Å². The summed E-state index contributed by atoms with van der Waals surface area (Å²) in [7, 11) is 0. The molecule has 0 saturated carbocycles. The largest absolute Gasteiger partial charge is 0.469 e. The second-order valence-electron chi connectivity index (χ2n) is 2.72. The van der Waals surface area contributed by atoms with Crippen molar-refractivity contribution in [3.8, 4) is 0 Å². The Morgan fingerprint density at radius 2 is 2.33 bits per heavy atom. The smallest absolute Gasteiger partial charge is 0.191 e. The Hall–Kier alpha value is -1.31. The van der Waals surface area contributed by atoms with E-state index in [1.165, 1.54) is 6.26 Å². The van der Waals surface area contributed by atoms with Crippen molar-refractivity contribution in [1.29, 1.82) is 0 Å². The van der Waals surface area contributed by atoms with Gasteiger partial charge in [-0.1, -0.05) is 13.5 Å². The molecular weight excluding hydrogens is 152 g/mol. The zero-order valence-electron chi connectivity index (χ0n) is 7.39. The van der Waals surface area contributed by atoms with Crippen LogP contribution in [0.5, 0.6) is 0 Å². The summed E-state index contributed by atoms with van der Waals surface area (Å²) in [6.07, 6.45) is 2.27. The number of hydrogen-bond acceptors (Lipinski definition) is 2. The molecule has 0 unspecified atom stereocenters. The van der Waals surface area contributed by atoms with Gasteiger partial charge in [0.05, 0.1) is 11.8 Å². The summed E-state index contributed by atoms with van der Waals surface area (Å²) in [4.78, 5) is 11.4. The van der Waals surface area contributed by atoms with Crippen molar-refractivity contribution in [2.45, 2.75) is 20.3 Å². The molecule has 0 N–H and O–H groups in total. The van der Waals surface area contributed by atoms with E-state index in [2.05, 4.69) is 6.58 Å². The maximum Gasteiger partial charge on any atom is 0.191 e. The van der Waals surface area contributed by atoms with E-state index in [4.69, 9.17) is 4.42 Å². The van der Waals surface area contributed by atoms with Crippen LogP contribution in [0.2, 0.25) is 0 Å². The SMILES string of the molecule is C=C(C)C(=O)c1ccoc1CC. The number of hydrogen-bond donors (Lipinski definition) is 0. The minimum atomic E-state index is -0.0272. The summed E-state index contributed by atoms with van der Waals surface area (Å²) in [5.74, 6) is 0.712. The van der Waals surface area contributed by atoms with Gasteiger partial charge >= 0.3 is 0 Å². The van der Waals surface area contributed by atoms with Gasteiger partial charge in [0.15, 0.2) is 5.78 Å². The third kappa shape index (κ3) is 1.47. The fraction of sp³-hybridized carbons (Fsp3) is 0.300. The quantitative estimate of drug-likeness (QED) is 0.507. The second kappa shape index (κ2) is 3.39. The van der Waals surface area contributed by atoms with Crippen molar-refractivity contribution in [2.24, 2.45) is 0 Å². The lowest BCUT2D eigenvalue weighted by Crippen LogP contribution is -2.00. The number of carbonyl (C=O) groups is 1. The predicted molar refractivity (Wildman–Crippen MR) is 47.2 cm³/mol. The first-order chi connectivity index (χ1) is 5.66. The highest BCUT2D eigenvalue weighted by atomic mass is 16.3. The van der Waals surface area contributed by atoms with Crippen LogP contribution in [0.3, 0.4) is 0 Å². The van der Waals surface area contributed by atoms with E-state index in [1.54, 1.807) is 13.0 Å². The maximum atomic E-state index is 11.4. The highest BCUT2D eigenvalue weighted by molar-refractivity contribution is 6.08. The number of ketones is 1. The third-order valence-corrected chi connectivity index (χ3v) is 1.70. The molecule has 0 aliphatic carbocycles. The van der Waals surface area contributed by atoms with Gasteiger partial charge in [0.1, 0.15) is 5.76 Å². The van der Waals surface area contributed by atoms with Gasteiger partial charge in [-0.25, -0.2) is 0 Å². The molecule has 0 atom stereocenters. The summed E-state index contributed by atoms with van der Waals surface area (Å²) in [5, 5.41) is 0. The first kappa shape index (κ1) is 8.78.